The molecule has 1 atom stereocenters. The van der Waals surface area contributed by atoms with Gasteiger partial charge in [0.1, 0.15) is 11.6 Å². The van der Waals surface area contributed by atoms with E-state index in [1.807, 2.05) is 4.90 Å². The average Bonchev–Trinajstić information content (AvgIpc) is 3.16. The fraction of sp³-hybridized carbons (Fsp3) is 0.650. The summed E-state index contributed by atoms with van der Waals surface area (Å²) < 4.78 is 27.1. The predicted octanol–water partition coefficient (Wildman–Crippen LogP) is 1.35. The summed E-state index contributed by atoms with van der Waals surface area (Å²) in [6.45, 7) is 11.1. The van der Waals surface area contributed by atoms with Crippen LogP contribution < -0.4 is 15.5 Å². The zero-order valence-corrected chi connectivity index (χ0v) is 16.9. The van der Waals surface area contributed by atoms with E-state index in [0.717, 1.165) is 70.8 Å². The summed E-state index contributed by atoms with van der Waals surface area (Å²) in [6.07, 6.45) is 0.885. The quantitative estimate of drug-likeness (QED) is 0.563. The standard InChI is InChI=1S/C20H32F2N6/c1-3-26-10-12-27(13-11-26)9-7-24-20(23-2)25-17-6-8-28(15-17)19-5-4-16(21)14-18(19)22/h4-5,14,17H,3,6-13,15H2,1-2H3,(H2,23,24,25). The van der Waals surface area contributed by atoms with Crippen molar-refractivity contribution in [2.24, 2.45) is 4.99 Å². The van der Waals surface area contributed by atoms with Crippen molar-refractivity contribution in [1.82, 2.24) is 20.4 Å². The Kier molecular flexibility index (Phi) is 7.44. The Morgan fingerprint density at radius 1 is 1.14 bits per heavy atom. The number of aliphatic imine (C=N–C) groups is 1. The van der Waals surface area contributed by atoms with Crippen LogP contribution in [0.4, 0.5) is 14.5 Å². The highest BCUT2D eigenvalue weighted by Gasteiger charge is 2.25. The normalized spacial score (nSPS) is 21.9. The van der Waals surface area contributed by atoms with Gasteiger partial charge in [-0.05, 0) is 25.1 Å². The van der Waals surface area contributed by atoms with E-state index < -0.39 is 11.6 Å². The van der Waals surface area contributed by atoms with Crippen molar-refractivity contribution in [3.05, 3.63) is 29.8 Å². The Hall–Kier alpha value is -1.93. The van der Waals surface area contributed by atoms with Crippen LogP contribution in [0.1, 0.15) is 13.3 Å². The lowest BCUT2D eigenvalue weighted by atomic mass is 10.2. The number of guanidine groups is 1. The number of nitrogens with one attached hydrogen (secondary N) is 2. The highest BCUT2D eigenvalue weighted by atomic mass is 19.1. The molecule has 8 heteroatoms. The number of likely N-dealkylation sites (N-methyl/N-ethyl adjacent to an activating group) is 1. The minimum absolute atomic E-state index is 0.184. The Morgan fingerprint density at radius 3 is 2.57 bits per heavy atom. The van der Waals surface area contributed by atoms with Gasteiger partial charge in [-0.3, -0.25) is 9.89 Å². The lowest BCUT2D eigenvalue weighted by Crippen LogP contribution is -2.50. The lowest BCUT2D eigenvalue weighted by Gasteiger charge is -2.34. The van der Waals surface area contributed by atoms with Gasteiger partial charge in [0.2, 0.25) is 0 Å². The van der Waals surface area contributed by atoms with Crippen LogP contribution in [0.15, 0.2) is 23.2 Å². The average molecular weight is 395 g/mol. The van der Waals surface area contributed by atoms with E-state index in [0.29, 0.717) is 12.2 Å². The van der Waals surface area contributed by atoms with Gasteiger partial charge >= 0.3 is 0 Å². The van der Waals surface area contributed by atoms with Gasteiger partial charge in [0.15, 0.2) is 5.96 Å². The van der Waals surface area contributed by atoms with E-state index in [2.05, 4.69) is 32.3 Å². The number of nitrogens with zero attached hydrogens (tertiary/aromatic N) is 4. The van der Waals surface area contributed by atoms with Gasteiger partial charge in [-0.2, -0.15) is 0 Å². The van der Waals surface area contributed by atoms with E-state index in [-0.39, 0.29) is 6.04 Å². The number of anilines is 1. The Bertz CT molecular complexity index is 660. The van der Waals surface area contributed by atoms with Gasteiger partial charge < -0.3 is 20.4 Å². The molecule has 1 aromatic carbocycles. The van der Waals surface area contributed by atoms with E-state index in [4.69, 9.17) is 0 Å². The molecule has 1 aromatic rings. The van der Waals surface area contributed by atoms with Crippen molar-refractivity contribution >= 4 is 11.6 Å². The van der Waals surface area contributed by atoms with Crippen LogP contribution in [0.3, 0.4) is 0 Å². The summed E-state index contributed by atoms with van der Waals surface area (Å²) in [5.41, 5.74) is 0.458. The zero-order valence-electron chi connectivity index (χ0n) is 16.9. The third kappa shape index (κ3) is 5.54. The summed E-state index contributed by atoms with van der Waals surface area (Å²) in [5, 5.41) is 6.81. The molecule has 0 aliphatic carbocycles. The first-order valence-electron chi connectivity index (χ1n) is 10.2. The number of halogens is 2. The first-order chi connectivity index (χ1) is 13.6. The molecule has 0 bridgehead atoms. The molecule has 0 saturated carbocycles. The van der Waals surface area contributed by atoms with Crippen molar-refractivity contribution in [3.63, 3.8) is 0 Å². The summed E-state index contributed by atoms with van der Waals surface area (Å²) >= 11 is 0. The molecular weight excluding hydrogens is 362 g/mol. The van der Waals surface area contributed by atoms with E-state index >= 15 is 0 Å². The highest BCUT2D eigenvalue weighted by Crippen LogP contribution is 2.24. The monoisotopic (exact) mass is 394 g/mol. The molecule has 2 aliphatic rings. The number of hydrogen-bond acceptors (Lipinski definition) is 4. The maximum Gasteiger partial charge on any atom is 0.191 e. The van der Waals surface area contributed by atoms with Crippen molar-refractivity contribution in [3.8, 4) is 0 Å². The molecule has 0 aromatic heterocycles. The summed E-state index contributed by atoms with van der Waals surface area (Å²) in [4.78, 5) is 11.2. The molecule has 0 amide bonds. The molecule has 2 N–H and O–H groups in total. The topological polar surface area (TPSA) is 46.1 Å². The fourth-order valence-corrected chi connectivity index (χ4v) is 3.88. The summed E-state index contributed by atoms with van der Waals surface area (Å²) in [7, 11) is 1.77. The molecular formula is C20H32F2N6. The molecule has 2 fully saturated rings. The van der Waals surface area contributed by atoms with Gasteiger partial charge in [-0.15, -0.1) is 0 Å². The first-order valence-corrected chi connectivity index (χ1v) is 10.2. The van der Waals surface area contributed by atoms with Crippen LogP contribution in [0.2, 0.25) is 0 Å². The van der Waals surface area contributed by atoms with Crippen LogP contribution in [0, 0.1) is 11.6 Å². The van der Waals surface area contributed by atoms with Crippen molar-refractivity contribution in [2.45, 2.75) is 19.4 Å². The van der Waals surface area contributed by atoms with Gasteiger partial charge in [-0.25, -0.2) is 8.78 Å². The van der Waals surface area contributed by atoms with E-state index in [9.17, 15) is 8.78 Å². The van der Waals surface area contributed by atoms with Crippen molar-refractivity contribution in [1.29, 1.82) is 0 Å². The second kappa shape index (κ2) is 10.0. The molecule has 2 saturated heterocycles. The summed E-state index contributed by atoms with van der Waals surface area (Å²) in [5.74, 6) is -0.277. The molecule has 1 unspecified atom stereocenters. The van der Waals surface area contributed by atoms with Crippen LogP contribution >= 0.6 is 0 Å². The molecule has 2 aliphatic heterocycles. The third-order valence-electron chi connectivity index (χ3n) is 5.64. The number of hydrogen-bond donors (Lipinski definition) is 2. The van der Waals surface area contributed by atoms with Crippen molar-refractivity contribution in [2.75, 3.05) is 70.9 Å². The zero-order chi connectivity index (χ0) is 19.9. The van der Waals surface area contributed by atoms with Gasteiger partial charge in [0.05, 0.1) is 5.69 Å². The molecule has 6 nitrogen and oxygen atoms in total. The van der Waals surface area contributed by atoms with E-state index in [1.54, 1.807) is 7.05 Å². The van der Waals surface area contributed by atoms with Gasteiger partial charge in [-0.1, -0.05) is 6.92 Å². The smallest absolute Gasteiger partial charge is 0.191 e. The SMILES string of the molecule is CCN1CCN(CCNC(=NC)NC2CCN(c3ccc(F)cc3F)C2)CC1. The largest absolute Gasteiger partial charge is 0.367 e. The minimum atomic E-state index is -0.546. The molecule has 2 heterocycles. The Morgan fingerprint density at radius 2 is 1.89 bits per heavy atom. The highest BCUT2D eigenvalue weighted by molar-refractivity contribution is 5.80. The van der Waals surface area contributed by atoms with Gasteiger partial charge in [0, 0.05) is 71.5 Å². The molecule has 28 heavy (non-hydrogen) atoms. The van der Waals surface area contributed by atoms with Crippen LogP contribution in [-0.4, -0.2) is 87.8 Å². The summed E-state index contributed by atoms with van der Waals surface area (Å²) in [6, 6.07) is 3.94. The fourth-order valence-electron chi connectivity index (χ4n) is 3.88. The second-order valence-electron chi connectivity index (χ2n) is 7.45. The maximum atomic E-state index is 14.0. The molecule has 0 spiro atoms. The first kappa shape index (κ1) is 20.8. The van der Waals surface area contributed by atoms with E-state index in [1.165, 1.54) is 12.1 Å². The third-order valence-corrected chi connectivity index (χ3v) is 5.64. The predicted molar refractivity (Wildman–Crippen MR) is 110 cm³/mol. The Labute approximate surface area is 166 Å². The number of benzene rings is 1. The van der Waals surface area contributed by atoms with Crippen LogP contribution in [-0.2, 0) is 0 Å². The lowest BCUT2D eigenvalue weighted by molar-refractivity contribution is 0.139. The Balaban J connectivity index is 1.40. The minimum Gasteiger partial charge on any atom is -0.367 e. The number of piperazine rings is 1. The molecule has 156 valence electrons. The van der Waals surface area contributed by atoms with Gasteiger partial charge in [0.25, 0.3) is 0 Å². The maximum absolute atomic E-state index is 14.0. The van der Waals surface area contributed by atoms with Crippen LogP contribution in [0.25, 0.3) is 0 Å². The van der Waals surface area contributed by atoms with Crippen molar-refractivity contribution < 1.29 is 8.78 Å². The number of rotatable bonds is 6. The molecule has 0 radical (unpaired) electrons. The molecule has 3 rings (SSSR count). The van der Waals surface area contributed by atoms with Crippen LogP contribution in [0.5, 0.6) is 0 Å². The second-order valence-corrected chi connectivity index (χ2v) is 7.45.